The lowest BCUT2D eigenvalue weighted by molar-refractivity contribution is 2.25. The van der Waals surface area contributed by atoms with Crippen molar-refractivity contribution in [2.24, 2.45) is 0 Å². The minimum atomic E-state index is 1.24. The van der Waals surface area contributed by atoms with Crippen LogP contribution in [0.1, 0.15) is 0 Å². The molecule has 0 radical (unpaired) electrons. The maximum absolute atomic E-state index is 3.98. The van der Waals surface area contributed by atoms with Gasteiger partial charge in [0.05, 0.1) is 0 Å². The molecule has 1 rings (SSSR count). The molecule has 0 aromatic rings. The second-order valence-corrected chi connectivity index (χ2v) is 2.80. The van der Waals surface area contributed by atoms with Crippen LogP contribution in [0.15, 0.2) is 0 Å². The second-order valence-electron chi connectivity index (χ2n) is 0.732. The Labute approximate surface area is 32.4 Å². The molecule has 0 fully saturated rings. The summed E-state index contributed by atoms with van der Waals surface area (Å²) in [5.74, 6) is 0. The zero-order chi connectivity index (χ0) is 2.99. The van der Waals surface area contributed by atoms with Gasteiger partial charge in [0.2, 0.25) is 0 Å². The summed E-state index contributed by atoms with van der Waals surface area (Å²) in [7, 11) is 1.45. The SMILES string of the molecule is SC1=PC1. The molecule has 0 spiro atoms. The van der Waals surface area contributed by atoms with Gasteiger partial charge in [0.25, 0.3) is 0 Å². The molecule has 0 atom stereocenters. The maximum Gasteiger partial charge on any atom is 0.0251 e. The molecule has 0 aliphatic carbocycles. The van der Waals surface area contributed by atoms with E-state index < -0.39 is 0 Å². The third kappa shape index (κ3) is 0.470. The van der Waals surface area contributed by atoms with E-state index in [1.807, 2.05) is 0 Å². The molecule has 4 heavy (non-hydrogen) atoms. The van der Waals surface area contributed by atoms with Crippen LogP contribution >= 0.6 is 20.8 Å². The summed E-state index contributed by atoms with van der Waals surface area (Å²) in [5, 5.41) is 0. The Morgan fingerprint density at radius 2 is 2.25 bits per heavy atom. The summed E-state index contributed by atoms with van der Waals surface area (Å²) in [6.45, 7) is 0. The van der Waals surface area contributed by atoms with Gasteiger partial charge >= 0.3 is 0 Å². The number of thiol groups is 1. The van der Waals surface area contributed by atoms with Gasteiger partial charge in [0.1, 0.15) is 0 Å². The van der Waals surface area contributed by atoms with Crippen LogP contribution in [0, 0.1) is 0 Å². The number of rotatable bonds is 0. The Morgan fingerprint density at radius 3 is 2.25 bits per heavy atom. The molecule has 0 unspecified atom stereocenters. The molecular formula is C2H3PS. The molecular weight excluding hydrogens is 87.1 g/mol. The average Bonchev–Trinajstić information content (AvgIpc) is 1.75. The Kier molecular flexibility index (Phi) is 0.503. The molecule has 1 aliphatic rings. The van der Waals surface area contributed by atoms with E-state index >= 15 is 0 Å². The van der Waals surface area contributed by atoms with Gasteiger partial charge in [0, 0.05) is 10.8 Å². The minimum Gasteiger partial charge on any atom is -0.143 e. The predicted octanol–water partition coefficient (Wildman–Crippen LogP) is 1.01. The van der Waals surface area contributed by atoms with Crippen molar-refractivity contribution in [3.63, 3.8) is 0 Å². The first-order valence-corrected chi connectivity index (χ1v) is 2.64. The smallest absolute Gasteiger partial charge is 0.0251 e. The Bertz CT molecular complexity index is 57.1. The molecule has 0 aromatic heterocycles. The van der Waals surface area contributed by atoms with Gasteiger partial charge in [-0.2, -0.15) is 0 Å². The fourth-order valence-electron chi connectivity index (χ4n) is 0.0354. The van der Waals surface area contributed by atoms with Gasteiger partial charge < -0.3 is 0 Å². The Hall–Kier alpha value is 0.520. The summed E-state index contributed by atoms with van der Waals surface area (Å²) in [4.78, 5) is 0. The van der Waals surface area contributed by atoms with Crippen molar-refractivity contribution in [3.8, 4) is 0 Å². The van der Waals surface area contributed by atoms with Gasteiger partial charge in [-0.25, -0.2) is 0 Å². The lowest BCUT2D eigenvalue weighted by Crippen LogP contribution is -1.51. The highest BCUT2D eigenvalue weighted by Crippen LogP contribution is 2.19. The quantitative estimate of drug-likeness (QED) is 0.333. The van der Waals surface area contributed by atoms with E-state index in [1.165, 1.54) is 19.0 Å². The van der Waals surface area contributed by atoms with E-state index in [9.17, 15) is 0 Å². The van der Waals surface area contributed by atoms with Crippen LogP contribution < -0.4 is 0 Å². The molecule has 0 saturated carbocycles. The van der Waals surface area contributed by atoms with E-state index in [4.69, 9.17) is 0 Å². The zero-order valence-electron chi connectivity index (χ0n) is 2.10. The van der Waals surface area contributed by atoms with Crippen LogP contribution in [0.5, 0.6) is 0 Å². The summed E-state index contributed by atoms with van der Waals surface area (Å²) >= 11 is 3.98. The molecule has 1 aliphatic heterocycles. The van der Waals surface area contributed by atoms with Gasteiger partial charge in [-0.15, -0.1) is 12.6 Å². The third-order valence-corrected chi connectivity index (χ3v) is 1.75. The van der Waals surface area contributed by atoms with Crippen LogP contribution in [0.25, 0.3) is 0 Å². The van der Waals surface area contributed by atoms with Gasteiger partial charge in [-0.3, -0.25) is 0 Å². The van der Waals surface area contributed by atoms with Crippen LogP contribution in [0.2, 0.25) is 0 Å². The molecule has 0 N–H and O–H groups in total. The first kappa shape index (κ1) is 2.74. The van der Waals surface area contributed by atoms with Crippen molar-refractivity contribution in [2.45, 2.75) is 0 Å². The fraction of sp³-hybridized carbons (Fsp3) is 0.500. The lowest BCUT2D eigenvalue weighted by atomic mass is 11.0. The van der Waals surface area contributed by atoms with Gasteiger partial charge in [-0.1, -0.05) is 8.20 Å². The summed E-state index contributed by atoms with van der Waals surface area (Å²) in [5.41, 5.74) is 0. The van der Waals surface area contributed by atoms with Crippen LogP contribution in [-0.2, 0) is 0 Å². The first-order valence-electron chi connectivity index (χ1n) is 1.12. The molecule has 2 heteroatoms. The van der Waals surface area contributed by atoms with Crippen LogP contribution in [-0.4, -0.2) is 10.8 Å². The molecule has 1 heterocycles. The van der Waals surface area contributed by atoms with Crippen molar-refractivity contribution < 1.29 is 0 Å². The van der Waals surface area contributed by atoms with Crippen molar-refractivity contribution in [1.82, 2.24) is 0 Å². The zero-order valence-corrected chi connectivity index (χ0v) is 3.89. The highest BCUT2D eigenvalue weighted by molar-refractivity contribution is 8.08. The topological polar surface area (TPSA) is 0 Å². The van der Waals surface area contributed by atoms with Crippen LogP contribution in [0.4, 0.5) is 0 Å². The van der Waals surface area contributed by atoms with Crippen LogP contribution in [0.3, 0.4) is 0 Å². The van der Waals surface area contributed by atoms with Crippen molar-refractivity contribution in [2.75, 3.05) is 6.16 Å². The van der Waals surface area contributed by atoms with Crippen molar-refractivity contribution >= 4 is 25.5 Å². The van der Waals surface area contributed by atoms with Gasteiger partial charge in [0.15, 0.2) is 0 Å². The normalized spacial score (nSPS) is 23.8. The standard InChI is InChI=1S/C2H3PS/c4-2-1-3-2/h4H,1H2. The molecule has 0 aromatic carbocycles. The molecule has 22 valence electrons. The highest BCUT2D eigenvalue weighted by Gasteiger charge is 1.97. The van der Waals surface area contributed by atoms with E-state index in [-0.39, 0.29) is 0 Å². The number of hydrogen-bond acceptors (Lipinski definition) is 0. The summed E-state index contributed by atoms with van der Waals surface area (Å²) < 4.78 is 1.33. The third-order valence-electron chi connectivity index (χ3n) is 0.300. The maximum atomic E-state index is 3.98. The molecule has 0 amide bonds. The summed E-state index contributed by atoms with van der Waals surface area (Å²) in [6, 6.07) is 0. The van der Waals surface area contributed by atoms with E-state index in [1.54, 1.807) is 0 Å². The van der Waals surface area contributed by atoms with Gasteiger partial charge in [-0.05, 0) is 0 Å². The number of hydrogen-bond donors (Lipinski definition) is 1. The Balaban J connectivity index is 2.54. The van der Waals surface area contributed by atoms with E-state index in [2.05, 4.69) is 12.6 Å². The molecule has 0 saturated heterocycles. The first-order chi connectivity index (χ1) is 1.89. The van der Waals surface area contributed by atoms with Crippen molar-refractivity contribution in [1.29, 1.82) is 0 Å². The second kappa shape index (κ2) is 0.734. The van der Waals surface area contributed by atoms with Crippen molar-refractivity contribution in [3.05, 3.63) is 0 Å². The average molecular weight is 90.1 g/mol. The Morgan fingerprint density at radius 1 is 2.00 bits per heavy atom. The molecule has 0 bridgehead atoms. The van der Waals surface area contributed by atoms with E-state index in [0.717, 1.165) is 0 Å². The highest BCUT2D eigenvalue weighted by atomic mass is 32.1. The summed E-state index contributed by atoms with van der Waals surface area (Å²) in [6.07, 6.45) is 1.24. The van der Waals surface area contributed by atoms with E-state index in [0.29, 0.717) is 0 Å². The largest absolute Gasteiger partial charge is 0.143 e. The monoisotopic (exact) mass is 90.0 g/mol. The lowest BCUT2D eigenvalue weighted by Gasteiger charge is -1.44. The minimum absolute atomic E-state index is 1.24. The molecule has 0 nitrogen and oxygen atoms in total. The fourth-order valence-corrected chi connectivity index (χ4v) is 0.318. The predicted molar refractivity (Wildman–Crippen MR) is 25.8 cm³/mol.